The average molecular weight is 325 g/mol. The molecule has 0 spiro atoms. The van der Waals surface area contributed by atoms with Crippen LogP contribution in [0.15, 0.2) is 30.6 Å². The number of carbonyl (C=O) groups is 1. The van der Waals surface area contributed by atoms with E-state index in [0.29, 0.717) is 6.54 Å². The number of benzene rings is 1. The van der Waals surface area contributed by atoms with Crippen LogP contribution in [0.3, 0.4) is 0 Å². The number of aromatic amines is 2. The van der Waals surface area contributed by atoms with E-state index in [1.54, 1.807) is 13.4 Å². The van der Waals surface area contributed by atoms with Gasteiger partial charge in [0, 0.05) is 35.3 Å². The molecule has 124 valence electrons. The van der Waals surface area contributed by atoms with Crippen molar-refractivity contribution in [3.63, 3.8) is 0 Å². The summed E-state index contributed by atoms with van der Waals surface area (Å²) in [7, 11) is 1.65. The molecule has 0 saturated heterocycles. The maximum atomic E-state index is 12.5. The summed E-state index contributed by atoms with van der Waals surface area (Å²) in [5.41, 5.74) is 3.79. The molecular formula is C17H19N5O2. The Hall–Kier alpha value is -2.80. The minimum absolute atomic E-state index is 0.0701. The number of methoxy groups -OCH3 is 1. The molecule has 24 heavy (non-hydrogen) atoms. The Morgan fingerprint density at radius 2 is 2.33 bits per heavy atom. The molecule has 0 radical (unpaired) electrons. The summed E-state index contributed by atoms with van der Waals surface area (Å²) in [6, 6.07) is 7.47. The van der Waals surface area contributed by atoms with Crippen LogP contribution in [0.4, 0.5) is 0 Å². The fourth-order valence-corrected chi connectivity index (χ4v) is 3.11. The van der Waals surface area contributed by atoms with Crippen LogP contribution >= 0.6 is 0 Å². The lowest BCUT2D eigenvalue weighted by Crippen LogP contribution is -2.41. The molecule has 4 rings (SSSR count). The zero-order valence-corrected chi connectivity index (χ0v) is 13.3. The predicted octanol–water partition coefficient (Wildman–Crippen LogP) is 1.40. The highest BCUT2D eigenvalue weighted by Gasteiger charge is 2.28. The molecule has 4 N–H and O–H groups in total. The second-order valence-electron chi connectivity index (χ2n) is 5.87. The zero-order valence-electron chi connectivity index (χ0n) is 13.3. The first-order chi connectivity index (χ1) is 11.7. The number of ether oxygens (including phenoxy) is 1. The standard InChI is InChI=1S/C17H19N5O2/c1-24-12-2-3-13-10(7-12)6-11(22-13)8-19-17(23)16-15-14(4-5-18-16)20-9-21-15/h2-3,6-7,9,16,18,22H,4-5,8H2,1H3,(H,19,23)(H,20,21)/t16-/m1/s1. The summed E-state index contributed by atoms with van der Waals surface area (Å²) >= 11 is 0. The quantitative estimate of drug-likeness (QED) is 0.583. The van der Waals surface area contributed by atoms with Gasteiger partial charge in [0.2, 0.25) is 5.91 Å². The number of carbonyl (C=O) groups excluding carboxylic acids is 1. The summed E-state index contributed by atoms with van der Waals surface area (Å²) in [6.07, 6.45) is 2.51. The van der Waals surface area contributed by atoms with Gasteiger partial charge in [0.05, 0.1) is 25.7 Å². The molecule has 0 saturated carbocycles. The monoisotopic (exact) mass is 325 g/mol. The first-order valence-corrected chi connectivity index (χ1v) is 7.93. The third-order valence-electron chi connectivity index (χ3n) is 4.35. The minimum Gasteiger partial charge on any atom is -0.497 e. The summed E-state index contributed by atoms with van der Waals surface area (Å²) in [6.45, 7) is 1.20. The maximum Gasteiger partial charge on any atom is 0.243 e. The summed E-state index contributed by atoms with van der Waals surface area (Å²) in [5.74, 6) is 0.744. The van der Waals surface area contributed by atoms with Crippen molar-refractivity contribution in [3.8, 4) is 5.75 Å². The third kappa shape index (κ3) is 2.63. The molecule has 0 aliphatic carbocycles. The lowest BCUT2D eigenvalue weighted by Gasteiger charge is -2.22. The number of H-pyrrole nitrogens is 2. The molecule has 0 fully saturated rings. The second-order valence-corrected chi connectivity index (χ2v) is 5.87. The fourth-order valence-electron chi connectivity index (χ4n) is 3.11. The van der Waals surface area contributed by atoms with Gasteiger partial charge in [-0.25, -0.2) is 4.98 Å². The number of nitrogens with one attached hydrogen (secondary N) is 4. The fraction of sp³-hybridized carbons (Fsp3) is 0.294. The van der Waals surface area contributed by atoms with Gasteiger partial charge in [-0.1, -0.05) is 0 Å². The van der Waals surface area contributed by atoms with E-state index in [4.69, 9.17) is 4.74 Å². The molecule has 3 aromatic rings. The van der Waals surface area contributed by atoms with E-state index < -0.39 is 6.04 Å². The molecule has 1 aliphatic heterocycles. The van der Waals surface area contributed by atoms with Crippen molar-refractivity contribution in [2.24, 2.45) is 0 Å². The molecule has 1 amide bonds. The molecule has 1 aliphatic rings. The highest BCUT2D eigenvalue weighted by atomic mass is 16.5. The Morgan fingerprint density at radius 1 is 1.42 bits per heavy atom. The lowest BCUT2D eigenvalue weighted by molar-refractivity contribution is -0.123. The Balaban J connectivity index is 1.46. The summed E-state index contributed by atoms with van der Waals surface area (Å²) in [5, 5.41) is 7.25. The average Bonchev–Trinajstić information content (AvgIpc) is 3.24. The number of hydrogen-bond acceptors (Lipinski definition) is 4. The molecule has 1 atom stereocenters. The second kappa shape index (κ2) is 6.01. The van der Waals surface area contributed by atoms with Crippen molar-refractivity contribution in [1.29, 1.82) is 0 Å². The Morgan fingerprint density at radius 3 is 3.21 bits per heavy atom. The number of amides is 1. The van der Waals surface area contributed by atoms with Crippen LogP contribution in [0.2, 0.25) is 0 Å². The van der Waals surface area contributed by atoms with Crippen LogP contribution in [0.5, 0.6) is 5.75 Å². The van der Waals surface area contributed by atoms with Crippen LogP contribution in [-0.4, -0.2) is 34.5 Å². The first-order valence-electron chi connectivity index (χ1n) is 7.93. The van der Waals surface area contributed by atoms with Gasteiger partial charge in [-0.15, -0.1) is 0 Å². The van der Waals surface area contributed by atoms with Gasteiger partial charge < -0.3 is 25.3 Å². The Bertz CT molecular complexity index is 882. The molecular weight excluding hydrogens is 306 g/mol. The largest absolute Gasteiger partial charge is 0.497 e. The first kappa shape index (κ1) is 14.8. The number of aromatic nitrogens is 3. The molecule has 7 heteroatoms. The van der Waals surface area contributed by atoms with E-state index in [1.165, 1.54) is 0 Å². The van der Waals surface area contributed by atoms with Crippen LogP contribution in [0.1, 0.15) is 23.1 Å². The normalized spacial score (nSPS) is 16.8. The lowest BCUT2D eigenvalue weighted by atomic mass is 10.1. The molecule has 0 unspecified atom stereocenters. The molecule has 1 aromatic carbocycles. The minimum atomic E-state index is -0.399. The molecule has 0 bridgehead atoms. The molecule has 2 aromatic heterocycles. The highest BCUT2D eigenvalue weighted by molar-refractivity contribution is 5.84. The van der Waals surface area contributed by atoms with Crippen molar-refractivity contribution in [1.82, 2.24) is 25.6 Å². The number of nitrogens with zero attached hydrogens (tertiary/aromatic N) is 1. The number of hydrogen-bond donors (Lipinski definition) is 4. The van der Waals surface area contributed by atoms with Crippen molar-refractivity contribution < 1.29 is 9.53 Å². The van der Waals surface area contributed by atoms with Crippen LogP contribution < -0.4 is 15.4 Å². The van der Waals surface area contributed by atoms with Gasteiger partial charge in [-0.05, 0) is 24.3 Å². The molecule has 3 heterocycles. The van der Waals surface area contributed by atoms with Gasteiger partial charge in [0.1, 0.15) is 11.8 Å². The van der Waals surface area contributed by atoms with Crippen LogP contribution in [0.25, 0.3) is 10.9 Å². The maximum absolute atomic E-state index is 12.5. The highest BCUT2D eigenvalue weighted by Crippen LogP contribution is 2.22. The van der Waals surface area contributed by atoms with Gasteiger partial charge >= 0.3 is 0 Å². The van der Waals surface area contributed by atoms with E-state index in [9.17, 15) is 4.79 Å². The topological polar surface area (TPSA) is 94.8 Å². The van der Waals surface area contributed by atoms with Crippen molar-refractivity contribution in [2.75, 3.05) is 13.7 Å². The van der Waals surface area contributed by atoms with E-state index in [2.05, 4.69) is 25.6 Å². The predicted molar refractivity (Wildman–Crippen MR) is 89.7 cm³/mol. The Kier molecular flexibility index (Phi) is 3.70. The van der Waals surface area contributed by atoms with Crippen molar-refractivity contribution >= 4 is 16.8 Å². The van der Waals surface area contributed by atoms with Crippen molar-refractivity contribution in [3.05, 3.63) is 47.7 Å². The zero-order chi connectivity index (χ0) is 16.5. The van der Waals surface area contributed by atoms with E-state index in [1.807, 2.05) is 24.3 Å². The number of fused-ring (bicyclic) bond motifs is 2. The van der Waals surface area contributed by atoms with Crippen molar-refractivity contribution in [2.45, 2.75) is 19.0 Å². The molecule has 7 nitrogen and oxygen atoms in total. The van der Waals surface area contributed by atoms with Crippen LogP contribution in [-0.2, 0) is 17.8 Å². The van der Waals surface area contributed by atoms with Gasteiger partial charge in [0.25, 0.3) is 0 Å². The Labute approximate surface area is 138 Å². The van der Waals surface area contributed by atoms with Crippen LogP contribution in [0, 0.1) is 0 Å². The van der Waals surface area contributed by atoms with Gasteiger partial charge in [0.15, 0.2) is 0 Å². The number of imidazole rings is 1. The number of rotatable bonds is 4. The summed E-state index contributed by atoms with van der Waals surface area (Å²) in [4.78, 5) is 23.2. The summed E-state index contributed by atoms with van der Waals surface area (Å²) < 4.78 is 5.23. The van der Waals surface area contributed by atoms with E-state index >= 15 is 0 Å². The smallest absolute Gasteiger partial charge is 0.243 e. The van der Waals surface area contributed by atoms with Gasteiger partial charge in [-0.2, -0.15) is 0 Å². The van der Waals surface area contributed by atoms with Gasteiger partial charge in [-0.3, -0.25) is 4.79 Å². The van der Waals surface area contributed by atoms with E-state index in [0.717, 1.165) is 46.7 Å². The van der Waals surface area contributed by atoms with E-state index in [-0.39, 0.29) is 5.91 Å². The third-order valence-corrected chi connectivity index (χ3v) is 4.35. The SMILES string of the molecule is COc1ccc2[nH]c(CNC(=O)[C@@H]3NCCc4[nH]cnc43)cc2c1.